The highest BCUT2D eigenvalue weighted by Gasteiger charge is 2.18. The first-order valence-electron chi connectivity index (χ1n) is 8.84. The van der Waals surface area contributed by atoms with Crippen LogP contribution in [0, 0.1) is 6.92 Å². The van der Waals surface area contributed by atoms with Crippen molar-refractivity contribution in [1.82, 2.24) is 9.88 Å². The van der Waals surface area contributed by atoms with E-state index in [2.05, 4.69) is 9.72 Å². The summed E-state index contributed by atoms with van der Waals surface area (Å²) in [5, 5.41) is 0. The van der Waals surface area contributed by atoms with Crippen LogP contribution in [0.2, 0.25) is 0 Å². The average molecular weight is 368 g/mol. The molecule has 0 fully saturated rings. The lowest BCUT2D eigenvalue weighted by atomic mass is 10.0. The van der Waals surface area contributed by atoms with E-state index in [0.29, 0.717) is 5.56 Å². The summed E-state index contributed by atoms with van der Waals surface area (Å²) in [7, 11) is 1.31. The number of rotatable bonds is 9. The van der Waals surface area contributed by atoms with Gasteiger partial charge >= 0.3 is 5.97 Å². The highest BCUT2D eigenvalue weighted by atomic mass is 16.5. The van der Waals surface area contributed by atoms with Crippen LogP contribution in [0.4, 0.5) is 0 Å². The molecule has 0 aliphatic rings. The molecule has 0 saturated heterocycles. The molecule has 0 bridgehead atoms. The normalized spacial score (nSPS) is 10.3. The van der Waals surface area contributed by atoms with Crippen LogP contribution in [0.15, 0.2) is 48.7 Å². The number of methoxy groups -OCH3 is 1. The first-order valence-corrected chi connectivity index (χ1v) is 8.84. The summed E-state index contributed by atoms with van der Waals surface area (Å²) in [6.07, 6.45) is 1.96. The van der Waals surface area contributed by atoms with Crippen molar-refractivity contribution >= 4 is 17.7 Å². The zero-order valence-electron chi connectivity index (χ0n) is 15.7. The molecule has 0 aliphatic heterocycles. The zero-order valence-corrected chi connectivity index (χ0v) is 15.7. The van der Waals surface area contributed by atoms with Crippen molar-refractivity contribution in [2.45, 2.75) is 32.7 Å². The Kier molecular flexibility index (Phi) is 7.67. The Labute approximate surface area is 159 Å². The third-order valence-corrected chi connectivity index (χ3v) is 4.18. The van der Waals surface area contributed by atoms with Gasteiger partial charge < -0.3 is 9.64 Å². The van der Waals surface area contributed by atoms with E-state index >= 15 is 0 Å². The van der Waals surface area contributed by atoms with Gasteiger partial charge in [0.25, 0.3) is 0 Å². The number of esters is 1. The highest BCUT2D eigenvalue weighted by molar-refractivity contribution is 5.98. The Morgan fingerprint density at radius 3 is 2.37 bits per heavy atom. The molecule has 0 saturated carbocycles. The number of ether oxygens (including phenoxy) is 1. The van der Waals surface area contributed by atoms with Crippen molar-refractivity contribution in [2.75, 3.05) is 13.7 Å². The van der Waals surface area contributed by atoms with E-state index in [4.69, 9.17) is 0 Å². The van der Waals surface area contributed by atoms with Crippen LogP contribution in [0.5, 0.6) is 0 Å². The van der Waals surface area contributed by atoms with Gasteiger partial charge in [-0.1, -0.05) is 35.9 Å². The van der Waals surface area contributed by atoms with Crippen LogP contribution in [0.25, 0.3) is 0 Å². The van der Waals surface area contributed by atoms with Crippen molar-refractivity contribution in [3.63, 3.8) is 0 Å². The summed E-state index contributed by atoms with van der Waals surface area (Å²) in [5.74, 6) is -0.649. The molecule has 0 atom stereocenters. The van der Waals surface area contributed by atoms with Gasteiger partial charge in [-0.3, -0.25) is 19.4 Å². The number of aromatic nitrogens is 1. The van der Waals surface area contributed by atoms with Crippen LogP contribution in [0.1, 0.15) is 40.9 Å². The van der Waals surface area contributed by atoms with E-state index in [1.165, 1.54) is 7.11 Å². The summed E-state index contributed by atoms with van der Waals surface area (Å²) in [5.41, 5.74) is 2.40. The molecule has 6 heteroatoms. The number of Topliss-reactive ketones (excluding diaryl/α,β-unsaturated/α-hetero) is 1. The predicted molar refractivity (Wildman–Crippen MR) is 101 cm³/mol. The molecular formula is C21H24N2O4. The number of aryl methyl sites for hydroxylation is 1. The average Bonchev–Trinajstić information content (AvgIpc) is 2.70. The van der Waals surface area contributed by atoms with Crippen molar-refractivity contribution < 1.29 is 19.1 Å². The Balaban J connectivity index is 1.97. The molecular weight excluding hydrogens is 344 g/mol. The molecule has 1 heterocycles. The van der Waals surface area contributed by atoms with E-state index in [-0.39, 0.29) is 50.0 Å². The fourth-order valence-corrected chi connectivity index (χ4v) is 2.57. The standard InChI is InChI=1S/C21H24N2O4/c1-16-6-8-17(9-7-16)19(24)10-11-20(25)23(14-12-21(26)27-2)15-18-5-3-4-13-22-18/h3-9,13H,10-12,14-15H2,1-2H3. The Morgan fingerprint density at radius 2 is 1.74 bits per heavy atom. The number of nitrogens with zero attached hydrogens (tertiary/aromatic N) is 2. The fraction of sp³-hybridized carbons (Fsp3) is 0.333. The van der Waals surface area contributed by atoms with E-state index in [1.807, 2.05) is 31.2 Å². The first-order chi connectivity index (χ1) is 13.0. The Bertz CT molecular complexity index is 773. The minimum Gasteiger partial charge on any atom is -0.469 e. The monoisotopic (exact) mass is 368 g/mol. The lowest BCUT2D eigenvalue weighted by Gasteiger charge is -2.22. The van der Waals surface area contributed by atoms with Crippen LogP contribution < -0.4 is 0 Å². The molecule has 2 rings (SSSR count). The van der Waals surface area contributed by atoms with E-state index in [1.54, 1.807) is 29.3 Å². The maximum Gasteiger partial charge on any atom is 0.307 e. The molecule has 2 aromatic rings. The van der Waals surface area contributed by atoms with Crippen LogP contribution in [0.3, 0.4) is 0 Å². The van der Waals surface area contributed by atoms with Gasteiger partial charge in [0.1, 0.15) is 0 Å². The minimum absolute atomic E-state index is 0.0749. The summed E-state index contributed by atoms with van der Waals surface area (Å²) in [6.45, 7) is 2.46. The number of pyridine rings is 1. The van der Waals surface area contributed by atoms with E-state index in [9.17, 15) is 14.4 Å². The van der Waals surface area contributed by atoms with Crippen LogP contribution in [-0.4, -0.2) is 41.2 Å². The summed E-state index contributed by atoms with van der Waals surface area (Å²) in [4.78, 5) is 42.1. The van der Waals surface area contributed by atoms with Crippen LogP contribution >= 0.6 is 0 Å². The van der Waals surface area contributed by atoms with Crippen molar-refractivity contribution in [3.05, 3.63) is 65.5 Å². The van der Waals surface area contributed by atoms with Gasteiger partial charge in [0, 0.05) is 31.1 Å². The van der Waals surface area contributed by atoms with Crippen LogP contribution in [-0.2, 0) is 20.9 Å². The van der Waals surface area contributed by atoms with Gasteiger partial charge in [0.2, 0.25) is 5.91 Å². The number of carbonyl (C=O) groups excluding carboxylic acids is 3. The van der Waals surface area contributed by atoms with Crippen molar-refractivity contribution in [2.24, 2.45) is 0 Å². The molecule has 0 aliphatic carbocycles. The summed E-state index contributed by atoms with van der Waals surface area (Å²) >= 11 is 0. The lowest BCUT2D eigenvalue weighted by molar-refractivity contribution is -0.142. The molecule has 1 aromatic heterocycles. The van der Waals surface area contributed by atoms with Gasteiger partial charge in [0.05, 0.1) is 25.8 Å². The van der Waals surface area contributed by atoms with Gasteiger partial charge in [-0.05, 0) is 19.1 Å². The second-order valence-electron chi connectivity index (χ2n) is 6.25. The van der Waals surface area contributed by atoms with Gasteiger partial charge in [0.15, 0.2) is 5.78 Å². The van der Waals surface area contributed by atoms with Gasteiger partial charge in [-0.15, -0.1) is 0 Å². The SMILES string of the molecule is COC(=O)CCN(Cc1ccccn1)C(=O)CCC(=O)c1ccc(C)cc1. The number of ketones is 1. The third kappa shape index (κ3) is 6.66. The molecule has 1 amide bonds. The maximum absolute atomic E-state index is 12.6. The lowest BCUT2D eigenvalue weighted by Crippen LogP contribution is -2.33. The Morgan fingerprint density at radius 1 is 1.00 bits per heavy atom. The van der Waals surface area contributed by atoms with E-state index < -0.39 is 0 Å². The number of hydrogen-bond donors (Lipinski definition) is 0. The molecule has 27 heavy (non-hydrogen) atoms. The number of benzene rings is 1. The largest absolute Gasteiger partial charge is 0.469 e. The number of amides is 1. The molecule has 142 valence electrons. The smallest absolute Gasteiger partial charge is 0.307 e. The second kappa shape index (κ2) is 10.2. The fourth-order valence-electron chi connectivity index (χ4n) is 2.57. The second-order valence-corrected chi connectivity index (χ2v) is 6.25. The minimum atomic E-state index is -0.385. The van der Waals surface area contributed by atoms with E-state index in [0.717, 1.165) is 11.3 Å². The molecule has 6 nitrogen and oxygen atoms in total. The van der Waals surface area contributed by atoms with Gasteiger partial charge in [-0.2, -0.15) is 0 Å². The molecule has 0 radical (unpaired) electrons. The molecule has 0 spiro atoms. The summed E-state index contributed by atoms with van der Waals surface area (Å²) in [6, 6.07) is 12.7. The van der Waals surface area contributed by atoms with Crippen molar-refractivity contribution in [1.29, 1.82) is 0 Å². The Hall–Kier alpha value is -3.02. The zero-order chi connectivity index (χ0) is 19.6. The summed E-state index contributed by atoms with van der Waals surface area (Å²) < 4.78 is 4.65. The first kappa shape index (κ1) is 20.3. The molecule has 0 N–H and O–H groups in total. The number of carbonyl (C=O) groups is 3. The third-order valence-electron chi connectivity index (χ3n) is 4.18. The number of hydrogen-bond acceptors (Lipinski definition) is 5. The highest BCUT2D eigenvalue weighted by Crippen LogP contribution is 2.11. The van der Waals surface area contributed by atoms with Gasteiger partial charge in [-0.25, -0.2) is 0 Å². The quantitative estimate of drug-likeness (QED) is 0.502. The predicted octanol–water partition coefficient (Wildman–Crippen LogP) is 2.94. The molecule has 0 unspecified atom stereocenters. The molecule has 1 aromatic carbocycles. The topological polar surface area (TPSA) is 76.6 Å². The maximum atomic E-state index is 12.6. The van der Waals surface area contributed by atoms with Crippen molar-refractivity contribution in [3.8, 4) is 0 Å².